The number of methoxy groups -OCH3 is 1. The van der Waals surface area contributed by atoms with E-state index in [-0.39, 0.29) is 5.82 Å². The molecule has 0 aliphatic heterocycles. The predicted octanol–water partition coefficient (Wildman–Crippen LogP) is 3.66. The fraction of sp³-hybridized carbons (Fsp3) is 0.278. The number of fused-ring (bicyclic) bond motifs is 1. The van der Waals surface area contributed by atoms with Gasteiger partial charge in [-0.25, -0.2) is 9.37 Å². The van der Waals surface area contributed by atoms with Gasteiger partial charge in [0.15, 0.2) is 0 Å². The summed E-state index contributed by atoms with van der Waals surface area (Å²) in [7, 11) is 1.58. The third-order valence-corrected chi connectivity index (χ3v) is 3.96. The minimum Gasteiger partial charge on any atom is -0.481 e. The molecule has 3 aromatic rings. The molecule has 0 saturated carbocycles. The molecule has 0 unspecified atom stereocenters. The average Bonchev–Trinajstić information content (AvgIpc) is 2.95. The molecule has 120 valence electrons. The van der Waals surface area contributed by atoms with Crippen molar-refractivity contribution in [3.05, 3.63) is 47.8 Å². The Kier molecular flexibility index (Phi) is 4.57. The van der Waals surface area contributed by atoms with Crippen molar-refractivity contribution in [2.75, 3.05) is 13.7 Å². The molecule has 2 aromatic heterocycles. The summed E-state index contributed by atoms with van der Waals surface area (Å²) in [4.78, 5) is 7.68. The molecule has 0 aliphatic rings. The van der Waals surface area contributed by atoms with E-state index < -0.39 is 0 Å². The number of nitrogens with one attached hydrogen (secondary N) is 1. The molecule has 5 heteroatoms. The van der Waals surface area contributed by atoms with Crippen LogP contribution in [0.5, 0.6) is 5.88 Å². The summed E-state index contributed by atoms with van der Waals surface area (Å²) < 4.78 is 19.3. The number of hydrogen-bond acceptors (Lipinski definition) is 3. The number of aryl methyl sites for hydroxylation is 1. The smallest absolute Gasteiger partial charge is 0.213 e. The number of rotatable bonds is 6. The summed E-state index contributed by atoms with van der Waals surface area (Å²) in [6.45, 7) is 0.656. The van der Waals surface area contributed by atoms with Crippen molar-refractivity contribution in [1.82, 2.24) is 9.97 Å². The third-order valence-electron chi connectivity index (χ3n) is 3.96. The number of para-hydroxylation sites is 1. The second-order valence-electron chi connectivity index (χ2n) is 5.45. The van der Waals surface area contributed by atoms with E-state index >= 15 is 0 Å². The van der Waals surface area contributed by atoms with Gasteiger partial charge < -0.3 is 15.5 Å². The Morgan fingerprint density at radius 1 is 1.17 bits per heavy atom. The van der Waals surface area contributed by atoms with Crippen molar-refractivity contribution in [1.29, 1.82) is 0 Å². The van der Waals surface area contributed by atoms with Crippen molar-refractivity contribution in [2.24, 2.45) is 5.73 Å². The zero-order chi connectivity index (χ0) is 16.2. The van der Waals surface area contributed by atoms with Crippen LogP contribution in [-0.4, -0.2) is 23.6 Å². The lowest BCUT2D eigenvalue weighted by atomic mass is 10.0. The Hall–Kier alpha value is -2.40. The van der Waals surface area contributed by atoms with Crippen LogP contribution in [0.3, 0.4) is 0 Å². The molecule has 0 spiro atoms. The zero-order valence-electron chi connectivity index (χ0n) is 13.1. The van der Waals surface area contributed by atoms with E-state index in [1.807, 2.05) is 18.2 Å². The number of hydrogen-bond donors (Lipinski definition) is 2. The second-order valence-corrected chi connectivity index (χ2v) is 5.45. The molecular formula is C18H20FN3O. The van der Waals surface area contributed by atoms with Crippen LogP contribution < -0.4 is 10.5 Å². The van der Waals surface area contributed by atoms with E-state index in [2.05, 4.69) is 9.97 Å². The van der Waals surface area contributed by atoms with Crippen LogP contribution in [0.25, 0.3) is 22.3 Å². The van der Waals surface area contributed by atoms with Gasteiger partial charge in [0.25, 0.3) is 0 Å². The van der Waals surface area contributed by atoms with E-state index in [0.29, 0.717) is 17.9 Å². The van der Waals surface area contributed by atoms with Gasteiger partial charge in [-0.05, 0) is 43.5 Å². The van der Waals surface area contributed by atoms with Gasteiger partial charge in [-0.15, -0.1) is 0 Å². The summed E-state index contributed by atoms with van der Waals surface area (Å²) in [5.41, 5.74) is 8.80. The summed E-state index contributed by atoms with van der Waals surface area (Å²) in [6.07, 6.45) is 2.72. The van der Waals surface area contributed by atoms with Crippen LogP contribution in [0.15, 0.2) is 36.4 Å². The van der Waals surface area contributed by atoms with Crippen LogP contribution in [0.2, 0.25) is 0 Å². The number of nitrogens with two attached hydrogens (primary N) is 1. The molecule has 0 aliphatic carbocycles. The first-order valence-electron chi connectivity index (χ1n) is 7.75. The topological polar surface area (TPSA) is 63.9 Å². The number of nitrogens with zero attached hydrogens (tertiary/aromatic N) is 1. The van der Waals surface area contributed by atoms with Gasteiger partial charge in [-0.3, -0.25) is 0 Å². The number of ether oxygens (including phenoxy) is 1. The lowest BCUT2D eigenvalue weighted by Gasteiger charge is -2.06. The number of aromatic nitrogens is 2. The first-order chi connectivity index (χ1) is 11.2. The number of aromatic amines is 1. The fourth-order valence-corrected chi connectivity index (χ4v) is 2.83. The minimum absolute atomic E-state index is 0.253. The van der Waals surface area contributed by atoms with E-state index in [0.717, 1.165) is 41.6 Å². The Balaban J connectivity index is 2.13. The maximum absolute atomic E-state index is 14.1. The molecule has 0 atom stereocenters. The highest BCUT2D eigenvalue weighted by Gasteiger charge is 2.16. The largest absolute Gasteiger partial charge is 0.481 e. The highest BCUT2D eigenvalue weighted by Crippen LogP contribution is 2.32. The molecule has 4 nitrogen and oxygen atoms in total. The van der Waals surface area contributed by atoms with E-state index in [1.54, 1.807) is 19.2 Å². The summed E-state index contributed by atoms with van der Waals surface area (Å²) in [6, 6.07) is 10.7. The maximum Gasteiger partial charge on any atom is 0.213 e. The molecule has 0 amide bonds. The SMILES string of the molecule is COc1cccc(-c2[nH]c3c(F)cccc3c2CCCCN)n1. The molecular weight excluding hydrogens is 293 g/mol. The van der Waals surface area contributed by atoms with Crippen LogP contribution in [0.1, 0.15) is 18.4 Å². The fourth-order valence-electron chi connectivity index (χ4n) is 2.83. The van der Waals surface area contributed by atoms with Gasteiger partial charge in [-0.1, -0.05) is 18.2 Å². The third kappa shape index (κ3) is 3.05. The van der Waals surface area contributed by atoms with E-state index in [9.17, 15) is 4.39 Å². The Labute approximate surface area is 134 Å². The normalized spacial score (nSPS) is 11.1. The van der Waals surface area contributed by atoms with Crippen LogP contribution in [0.4, 0.5) is 4.39 Å². The number of unbranched alkanes of at least 4 members (excludes halogenated alkanes) is 1. The van der Waals surface area contributed by atoms with Crippen molar-refractivity contribution >= 4 is 10.9 Å². The molecule has 3 rings (SSSR count). The van der Waals surface area contributed by atoms with Crippen LogP contribution in [0, 0.1) is 5.82 Å². The van der Waals surface area contributed by atoms with E-state index in [4.69, 9.17) is 10.5 Å². The van der Waals surface area contributed by atoms with Gasteiger partial charge in [-0.2, -0.15) is 0 Å². The van der Waals surface area contributed by atoms with Crippen molar-refractivity contribution in [2.45, 2.75) is 19.3 Å². The number of benzene rings is 1. The van der Waals surface area contributed by atoms with Crippen LogP contribution >= 0.6 is 0 Å². The maximum atomic E-state index is 14.1. The highest BCUT2D eigenvalue weighted by atomic mass is 19.1. The van der Waals surface area contributed by atoms with Crippen LogP contribution in [-0.2, 0) is 6.42 Å². The number of pyridine rings is 1. The van der Waals surface area contributed by atoms with Gasteiger partial charge in [0.1, 0.15) is 5.82 Å². The van der Waals surface area contributed by atoms with Crippen molar-refractivity contribution in [3.63, 3.8) is 0 Å². The molecule has 1 aromatic carbocycles. The minimum atomic E-state index is -0.253. The Morgan fingerprint density at radius 3 is 2.78 bits per heavy atom. The van der Waals surface area contributed by atoms with Gasteiger partial charge >= 0.3 is 0 Å². The Bertz CT molecular complexity index is 813. The van der Waals surface area contributed by atoms with E-state index in [1.165, 1.54) is 6.07 Å². The average molecular weight is 313 g/mol. The van der Waals surface area contributed by atoms with Crippen molar-refractivity contribution in [3.8, 4) is 17.3 Å². The molecule has 0 radical (unpaired) electrons. The highest BCUT2D eigenvalue weighted by molar-refractivity contribution is 5.90. The monoisotopic (exact) mass is 313 g/mol. The number of halogens is 1. The molecule has 0 bridgehead atoms. The lowest BCUT2D eigenvalue weighted by Crippen LogP contribution is -1.99. The summed E-state index contributed by atoms with van der Waals surface area (Å²) >= 11 is 0. The Morgan fingerprint density at radius 2 is 2.00 bits per heavy atom. The first-order valence-corrected chi connectivity index (χ1v) is 7.75. The van der Waals surface area contributed by atoms with Gasteiger partial charge in [0, 0.05) is 11.5 Å². The van der Waals surface area contributed by atoms with Gasteiger partial charge in [0.05, 0.1) is 24.0 Å². The van der Waals surface area contributed by atoms with Gasteiger partial charge in [0.2, 0.25) is 5.88 Å². The summed E-state index contributed by atoms with van der Waals surface area (Å²) in [5, 5.41) is 0.904. The molecule has 3 N–H and O–H groups in total. The molecule has 0 saturated heterocycles. The standard InChI is InChI=1S/C18H20FN3O/c1-23-16-10-5-9-15(21-16)18-13(6-2-3-11-20)12-7-4-8-14(19)17(12)22-18/h4-5,7-10,22H,2-3,6,11,20H2,1H3. The zero-order valence-corrected chi connectivity index (χ0v) is 13.1. The molecule has 23 heavy (non-hydrogen) atoms. The number of H-pyrrole nitrogens is 1. The summed E-state index contributed by atoms with van der Waals surface area (Å²) in [5.74, 6) is 0.284. The van der Waals surface area contributed by atoms with Crippen molar-refractivity contribution < 1.29 is 9.13 Å². The lowest BCUT2D eigenvalue weighted by molar-refractivity contribution is 0.398. The molecule has 2 heterocycles. The quantitative estimate of drug-likeness (QED) is 0.683. The second kappa shape index (κ2) is 6.79. The first kappa shape index (κ1) is 15.5. The predicted molar refractivity (Wildman–Crippen MR) is 90.0 cm³/mol. The molecule has 0 fully saturated rings.